The van der Waals surface area contributed by atoms with E-state index in [0.717, 1.165) is 16.9 Å². The van der Waals surface area contributed by atoms with E-state index >= 15 is 0 Å². The molecule has 0 radical (unpaired) electrons. The van der Waals surface area contributed by atoms with E-state index in [1.54, 1.807) is 18.3 Å². The first-order valence-corrected chi connectivity index (χ1v) is 8.87. The van der Waals surface area contributed by atoms with Crippen LogP contribution in [0.5, 0.6) is 5.75 Å². The molecule has 3 rings (SSSR count). The Kier molecular flexibility index (Phi) is 6.36. The molecule has 4 heteroatoms. The van der Waals surface area contributed by atoms with Gasteiger partial charge < -0.3 is 4.74 Å². The summed E-state index contributed by atoms with van der Waals surface area (Å²) in [6, 6.07) is 27.0. The van der Waals surface area contributed by atoms with E-state index in [1.165, 1.54) is 0 Å². The third-order valence-electron chi connectivity index (χ3n) is 4.15. The van der Waals surface area contributed by atoms with Crippen molar-refractivity contribution in [2.75, 3.05) is 0 Å². The summed E-state index contributed by atoms with van der Waals surface area (Å²) in [5.41, 5.74) is 5.28. The van der Waals surface area contributed by atoms with Crippen LogP contribution in [0.3, 0.4) is 0 Å². The topological polar surface area (TPSA) is 50.7 Å². The van der Waals surface area contributed by atoms with E-state index in [0.29, 0.717) is 12.2 Å². The van der Waals surface area contributed by atoms with Crippen LogP contribution in [-0.4, -0.2) is 12.1 Å². The maximum Gasteiger partial charge on any atom is 0.271 e. The van der Waals surface area contributed by atoms with Gasteiger partial charge in [0.2, 0.25) is 0 Å². The number of rotatable bonds is 7. The predicted octanol–water partition coefficient (Wildman–Crippen LogP) is 4.78. The Hall–Kier alpha value is -3.40. The van der Waals surface area contributed by atoms with Gasteiger partial charge in [-0.05, 0) is 35.4 Å². The van der Waals surface area contributed by atoms with Crippen molar-refractivity contribution in [3.8, 4) is 5.75 Å². The number of amides is 1. The minimum absolute atomic E-state index is 0.129. The molecule has 0 aliphatic carbocycles. The molecular weight excluding hydrogens is 336 g/mol. The molecule has 0 aliphatic rings. The number of hydrogen-bond donors (Lipinski definition) is 1. The zero-order valence-corrected chi connectivity index (χ0v) is 15.2. The van der Waals surface area contributed by atoms with Crippen LogP contribution < -0.4 is 10.2 Å². The standard InChI is InChI=1S/C23H22N2O2/c1-18(20-8-4-2-5-9-20)16-24-25-23(26)21-14-12-19(13-15-21)17-27-22-10-6-3-7-11-22/h2-16,18H,17H2,1H3,(H,25,26)/b24-16-/t18-/m1/s1. The Morgan fingerprint density at radius 1 is 0.963 bits per heavy atom. The summed E-state index contributed by atoms with van der Waals surface area (Å²) in [6.45, 7) is 2.49. The molecule has 1 N–H and O–H groups in total. The fraction of sp³-hybridized carbons (Fsp3) is 0.130. The number of nitrogens with one attached hydrogen (secondary N) is 1. The van der Waals surface area contributed by atoms with Crippen molar-refractivity contribution < 1.29 is 9.53 Å². The Morgan fingerprint density at radius 2 is 1.59 bits per heavy atom. The second kappa shape index (κ2) is 9.34. The van der Waals surface area contributed by atoms with E-state index in [4.69, 9.17) is 4.74 Å². The summed E-state index contributed by atoms with van der Waals surface area (Å²) in [4.78, 5) is 12.2. The molecule has 136 valence electrons. The maximum absolute atomic E-state index is 12.2. The van der Waals surface area contributed by atoms with Gasteiger partial charge in [-0.15, -0.1) is 0 Å². The van der Waals surface area contributed by atoms with E-state index in [2.05, 4.69) is 10.5 Å². The maximum atomic E-state index is 12.2. The average molecular weight is 358 g/mol. The molecule has 0 spiro atoms. The van der Waals surface area contributed by atoms with Crippen molar-refractivity contribution in [2.45, 2.75) is 19.4 Å². The first kappa shape index (κ1) is 18.4. The number of carbonyl (C=O) groups excluding carboxylic acids is 1. The first-order valence-electron chi connectivity index (χ1n) is 8.87. The largest absolute Gasteiger partial charge is 0.489 e. The Balaban J connectivity index is 1.50. The molecule has 3 aromatic rings. The molecule has 3 aromatic carbocycles. The predicted molar refractivity (Wildman–Crippen MR) is 108 cm³/mol. The minimum atomic E-state index is -0.234. The monoisotopic (exact) mass is 358 g/mol. The summed E-state index contributed by atoms with van der Waals surface area (Å²) in [7, 11) is 0. The summed E-state index contributed by atoms with van der Waals surface area (Å²) in [6.07, 6.45) is 1.73. The third-order valence-corrected chi connectivity index (χ3v) is 4.15. The lowest BCUT2D eigenvalue weighted by molar-refractivity contribution is 0.0955. The minimum Gasteiger partial charge on any atom is -0.489 e. The molecule has 0 unspecified atom stereocenters. The van der Waals surface area contributed by atoms with Crippen LogP contribution in [0, 0.1) is 0 Å². The second-order valence-electron chi connectivity index (χ2n) is 6.22. The van der Waals surface area contributed by atoms with Crippen molar-refractivity contribution in [2.24, 2.45) is 5.10 Å². The quantitative estimate of drug-likeness (QED) is 0.488. The molecule has 1 amide bonds. The van der Waals surface area contributed by atoms with Crippen LogP contribution in [0.2, 0.25) is 0 Å². The number of hydrazone groups is 1. The summed E-state index contributed by atoms with van der Waals surface area (Å²) >= 11 is 0. The van der Waals surface area contributed by atoms with E-state index in [-0.39, 0.29) is 11.8 Å². The van der Waals surface area contributed by atoms with Gasteiger partial charge in [-0.25, -0.2) is 5.43 Å². The van der Waals surface area contributed by atoms with Crippen molar-refractivity contribution in [1.82, 2.24) is 5.43 Å². The SMILES string of the molecule is C[C@H](/C=N\NC(=O)c1ccc(COc2ccccc2)cc1)c1ccccc1. The van der Waals surface area contributed by atoms with E-state index in [9.17, 15) is 4.79 Å². The fourth-order valence-electron chi connectivity index (χ4n) is 2.55. The fourth-order valence-corrected chi connectivity index (χ4v) is 2.55. The van der Waals surface area contributed by atoms with Gasteiger partial charge >= 0.3 is 0 Å². The molecule has 0 bridgehead atoms. The van der Waals surface area contributed by atoms with Crippen LogP contribution in [0.25, 0.3) is 0 Å². The van der Waals surface area contributed by atoms with Gasteiger partial charge in [0.15, 0.2) is 0 Å². The highest BCUT2D eigenvalue weighted by Crippen LogP contribution is 2.13. The van der Waals surface area contributed by atoms with Crippen molar-refractivity contribution >= 4 is 12.1 Å². The van der Waals surface area contributed by atoms with Gasteiger partial charge in [0.1, 0.15) is 12.4 Å². The molecular formula is C23H22N2O2. The lowest BCUT2D eigenvalue weighted by atomic mass is 10.0. The van der Waals surface area contributed by atoms with Crippen LogP contribution >= 0.6 is 0 Å². The average Bonchev–Trinajstić information content (AvgIpc) is 2.74. The zero-order valence-electron chi connectivity index (χ0n) is 15.2. The molecule has 0 saturated heterocycles. The highest BCUT2D eigenvalue weighted by atomic mass is 16.5. The van der Waals surface area contributed by atoms with Crippen molar-refractivity contribution in [1.29, 1.82) is 0 Å². The van der Waals surface area contributed by atoms with Crippen LogP contribution in [-0.2, 0) is 6.61 Å². The molecule has 1 atom stereocenters. The van der Waals surface area contributed by atoms with Crippen molar-refractivity contribution in [3.05, 3.63) is 102 Å². The van der Waals surface area contributed by atoms with Gasteiger partial charge in [-0.1, -0.05) is 67.6 Å². The number of benzene rings is 3. The Labute approximate surface area is 159 Å². The normalized spacial score (nSPS) is 11.9. The highest BCUT2D eigenvalue weighted by Gasteiger charge is 2.05. The van der Waals surface area contributed by atoms with E-state index in [1.807, 2.05) is 79.7 Å². The Morgan fingerprint density at radius 3 is 2.26 bits per heavy atom. The van der Waals surface area contributed by atoms with Crippen LogP contribution in [0.4, 0.5) is 0 Å². The number of hydrogen-bond acceptors (Lipinski definition) is 3. The summed E-state index contributed by atoms with van der Waals surface area (Å²) in [5.74, 6) is 0.715. The van der Waals surface area contributed by atoms with Gasteiger partial charge in [0, 0.05) is 17.7 Å². The second-order valence-corrected chi connectivity index (χ2v) is 6.22. The molecule has 0 saturated carbocycles. The molecule has 0 aliphatic heterocycles. The first-order chi connectivity index (χ1) is 13.2. The zero-order chi connectivity index (χ0) is 18.9. The van der Waals surface area contributed by atoms with Crippen molar-refractivity contribution in [3.63, 3.8) is 0 Å². The number of ether oxygens (including phenoxy) is 1. The summed E-state index contributed by atoms with van der Waals surface area (Å²) in [5, 5.41) is 4.07. The van der Waals surface area contributed by atoms with Gasteiger partial charge in [0.05, 0.1) is 0 Å². The smallest absolute Gasteiger partial charge is 0.271 e. The molecule has 27 heavy (non-hydrogen) atoms. The van der Waals surface area contributed by atoms with E-state index < -0.39 is 0 Å². The van der Waals surface area contributed by atoms with Crippen LogP contribution in [0.1, 0.15) is 34.3 Å². The lowest BCUT2D eigenvalue weighted by Gasteiger charge is -2.07. The highest BCUT2D eigenvalue weighted by molar-refractivity contribution is 5.94. The lowest BCUT2D eigenvalue weighted by Crippen LogP contribution is -2.18. The molecule has 0 heterocycles. The number of para-hydroxylation sites is 1. The third kappa shape index (κ3) is 5.54. The molecule has 0 fully saturated rings. The molecule has 4 nitrogen and oxygen atoms in total. The number of carbonyl (C=O) groups is 1. The Bertz CT molecular complexity index is 875. The number of nitrogens with zero attached hydrogens (tertiary/aromatic N) is 1. The van der Waals surface area contributed by atoms with Gasteiger partial charge in [-0.3, -0.25) is 4.79 Å². The summed E-state index contributed by atoms with van der Waals surface area (Å²) < 4.78 is 5.70. The van der Waals surface area contributed by atoms with Crippen LogP contribution in [0.15, 0.2) is 90.0 Å². The molecule has 0 aromatic heterocycles. The van der Waals surface area contributed by atoms with Gasteiger partial charge in [-0.2, -0.15) is 5.10 Å². The van der Waals surface area contributed by atoms with Gasteiger partial charge in [0.25, 0.3) is 5.91 Å².